The van der Waals surface area contributed by atoms with Crippen LogP contribution in [0, 0.1) is 6.92 Å². The van der Waals surface area contributed by atoms with E-state index in [1.807, 2.05) is 18.2 Å². The summed E-state index contributed by atoms with van der Waals surface area (Å²) in [5, 5.41) is 0.516. The second kappa shape index (κ2) is 5.27. The maximum atomic E-state index is 12.7. The van der Waals surface area contributed by atoms with Gasteiger partial charge in [0.25, 0.3) is 11.5 Å². The number of aromatic nitrogens is 3. The van der Waals surface area contributed by atoms with E-state index in [9.17, 15) is 9.59 Å². The van der Waals surface area contributed by atoms with Gasteiger partial charge in [-0.3, -0.25) is 14.6 Å². The molecule has 1 amide bonds. The number of amides is 1. The lowest BCUT2D eigenvalue weighted by atomic mass is 9.95. The minimum atomic E-state index is -0.197. The van der Waals surface area contributed by atoms with Gasteiger partial charge in [0.05, 0.1) is 16.6 Å². The number of aryl methyl sites for hydroxylation is 1. The van der Waals surface area contributed by atoms with Crippen molar-refractivity contribution in [3.63, 3.8) is 0 Å². The van der Waals surface area contributed by atoms with Crippen LogP contribution < -0.4 is 5.56 Å². The molecule has 1 fully saturated rings. The maximum Gasteiger partial charge on any atom is 0.264 e. The number of rotatable bonds is 2. The van der Waals surface area contributed by atoms with Gasteiger partial charge < -0.3 is 9.88 Å². The zero-order valence-electron chi connectivity index (χ0n) is 12.4. The summed E-state index contributed by atoms with van der Waals surface area (Å²) in [5.41, 5.74) is 1.53. The molecule has 0 saturated carbocycles. The Labute approximate surface area is 135 Å². The van der Waals surface area contributed by atoms with Gasteiger partial charge in [-0.1, -0.05) is 6.07 Å². The van der Waals surface area contributed by atoms with Crippen LogP contribution in [-0.2, 0) is 0 Å². The standard InChI is InChI=1S/C16H14N4O2S/c1-9-12-14(21)18-8-19-15(12)23-13(9)16(22)20-6-10(7-20)11-4-2-3-5-17-11/h2-5,8,10H,6-7H2,1H3,(H,18,19,21). The van der Waals surface area contributed by atoms with Gasteiger partial charge in [0.2, 0.25) is 0 Å². The van der Waals surface area contributed by atoms with Crippen molar-refractivity contribution < 1.29 is 4.79 Å². The zero-order valence-corrected chi connectivity index (χ0v) is 13.3. The number of fused-ring (bicyclic) bond motifs is 1. The van der Waals surface area contributed by atoms with Gasteiger partial charge >= 0.3 is 0 Å². The Bertz CT molecular complexity index is 942. The van der Waals surface area contributed by atoms with Gasteiger partial charge in [-0.05, 0) is 24.6 Å². The molecule has 3 aromatic rings. The molecular weight excluding hydrogens is 312 g/mol. The minimum Gasteiger partial charge on any atom is -0.336 e. The number of hydrogen-bond acceptors (Lipinski definition) is 5. The van der Waals surface area contributed by atoms with Crippen molar-refractivity contribution >= 4 is 27.5 Å². The van der Waals surface area contributed by atoms with Crippen LogP contribution in [0.1, 0.15) is 26.8 Å². The fourth-order valence-corrected chi connectivity index (χ4v) is 3.99. The van der Waals surface area contributed by atoms with Crippen LogP contribution in [0.4, 0.5) is 0 Å². The molecule has 3 aromatic heterocycles. The Morgan fingerprint density at radius 2 is 2.17 bits per heavy atom. The minimum absolute atomic E-state index is 0.0305. The van der Waals surface area contributed by atoms with E-state index >= 15 is 0 Å². The van der Waals surface area contributed by atoms with Crippen LogP contribution in [0.25, 0.3) is 10.2 Å². The van der Waals surface area contributed by atoms with Crippen LogP contribution in [0.15, 0.2) is 35.5 Å². The number of nitrogens with one attached hydrogen (secondary N) is 1. The summed E-state index contributed by atoms with van der Waals surface area (Å²) in [5.74, 6) is 0.258. The molecule has 4 rings (SSSR count). The third kappa shape index (κ3) is 2.24. The second-order valence-electron chi connectivity index (χ2n) is 5.63. The van der Waals surface area contributed by atoms with E-state index in [2.05, 4.69) is 15.0 Å². The number of likely N-dealkylation sites (tertiary alicyclic amines) is 1. The number of carbonyl (C=O) groups excluding carboxylic acids is 1. The van der Waals surface area contributed by atoms with Crippen LogP contribution >= 0.6 is 11.3 Å². The highest BCUT2D eigenvalue weighted by molar-refractivity contribution is 7.20. The largest absolute Gasteiger partial charge is 0.336 e. The normalized spacial score (nSPS) is 14.9. The van der Waals surface area contributed by atoms with Crippen molar-refractivity contribution in [1.29, 1.82) is 0 Å². The predicted octanol–water partition coefficient (Wildman–Crippen LogP) is 1.93. The molecule has 0 unspecified atom stereocenters. The first-order chi connectivity index (χ1) is 11.1. The van der Waals surface area contributed by atoms with Gasteiger partial charge in [-0.2, -0.15) is 0 Å². The topological polar surface area (TPSA) is 79.0 Å². The molecule has 0 aromatic carbocycles. The number of carbonyl (C=O) groups is 1. The van der Waals surface area contributed by atoms with E-state index in [1.54, 1.807) is 18.0 Å². The van der Waals surface area contributed by atoms with Crippen LogP contribution in [0.2, 0.25) is 0 Å². The Morgan fingerprint density at radius 3 is 2.87 bits per heavy atom. The third-order valence-electron chi connectivity index (χ3n) is 4.20. The van der Waals surface area contributed by atoms with Crippen LogP contribution in [-0.4, -0.2) is 38.8 Å². The fraction of sp³-hybridized carbons (Fsp3) is 0.250. The second-order valence-corrected chi connectivity index (χ2v) is 6.63. The highest BCUT2D eigenvalue weighted by atomic mass is 32.1. The van der Waals surface area contributed by atoms with Gasteiger partial charge in [0.15, 0.2) is 0 Å². The lowest BCUT2D eigenvalue weighted by Gasteiger charge is -2.38. The first-order valence-electron chi connectivity index (χ1n) is 7.32. The van der Waals surface area contributed by atoms with Gasteiger partial charge in [-0.25, -0.2) is 4.98 Å². The predicted molar refractivity (Wildman–Crippen MR) is 87.9 cm³/mol. The summed E-state index contributed by atoms with van der Waals surface area (Å²) in [7, 11) is 0. The van der Waals surface area contributed by atoms with E-state index in [-0.39, 0.29) is 17.4 Å². The first kappa shape index (κ1) is 14.1. The molecule has 7 heteroatoms. The summed E-state index contributed by atoms with van der Waals surface area (Å²) >= 11 is 1.28. The highest BCUT2D eigenvalue weighted by Gasteiger charge is 2.34. The Balaban J connectivity index is 1.58. The lowest BCUT2D eigenvalue weighted by Crippen LogP contribution is -2.48. The average Bonchev–Trinajstić information content (AvgIpc) is 2.85. The molecule has 1 N–H and O–H groups in total. The van der Waals surface area contributed by atoms with Gasteiger partial charge in [-0.15, -0.1) is 11.3 Å². The number of H-pyrrole nitrogens is 1. The molecule has 0 bridgehead atoms. The molecule has 23 heavy (non-hydrogen) atoms. The molecule has 4 heterocycles. The van der Waals surface area contributed by atoms with Crippen molar-refractivity contribution in [1.82, 2.24) is 19.9 Å². The number of nitrogens with zero attached hydrogens (tertiary/aromatic N) is 3. The van der Waals surface area contributed by atoms with Gasteiger partial charge in [0.1, 0.15) is 4.83 Å². The number of aromatic amines is 1. The molecule has 1 aliphatic heterocycles. The fourth-order valence-electron chi connectivity index (χ4n) is 2.87. The average molecular weight is 326 g/mol. The van der Waals surface area contributed by atoms with Crippen LogP contribution in [0.5, 0.6) is 0 Å². The lowest BCUT2D eigenvalue weighted by molar-refractivity contribution is 0.0603. The van der Waals surface area contributed by atoms with Crippen molar-refractivity contribution in [2.24, 2.45) is 0 Å². The Kier molecular flexibility index (Phi) is 3.23. The van der Waals surface area contributed by atoms with Crippen LogP contribution in [0.3, 0.4) is 0 Å². The van der Waals surface area contributed by atoms with E-state index in [1.165, 1.54) is 17.7 Å². The summed E-state index contributed by atoms with van der Waals surface area (Å²) in [6.45, 7) is 3.12. The molecule has 1 saturated heterocycles. The van der Waals surface area contributed by atoms with E-state index in [0.29, 0.717) is 33.7 Å². The SMILES string of the molecule is Cc1c(C(=O)N2CC(c3ccccn3)C2)sc2nc[nH]c(=O)c12. The maximum absolute atomic E-state index is 12.7. The van der Waals surface area contributed by atoms with E-state index in [4.69, 9.17) is 0 Å². The Hall–Kier alpha value is -2.54. The molecule has 0 radical (unpaired) electrons. The molecule has 0 spiro atoms. The molecule has 1 aliphatic rings. The summed E-state index contributed by atoms with van der Waals surface area (Å²) in [6.07, 6.45) is 3.14. The van der Waals surface area contributed by atoms with E-state index in [0.717, 1.165) is 5.69 Å². The van der Waals surface area contributed by atoms with Crippen molar-refractivity contribution in [3.8, 4) is 0 Å². The van der Waals surface area contributed by atoms with Gasteiger partial charge in [0, 0.05) is 30.9 Å². The van der Waals surface area contributed by atoms with Crippen molar-refractivity contribution in [2.75, 3.05) is 13.1 Å². The first-order valence-corrected chi connectivity index (χ1v) is 8.14. The number of hydrogen-bond donors (Lipinski definition) is 1. The molecule has 0 aliphatic carbocycles. The molecule has 6 nitrogen and oxygen atoms in total. The smallest absolute Gasteiger partial charge is 0.264 e. The molecule has 0 atom stereocenters. The highest BCUT2D eigenvalue weighted by Crippen LogP contribution is 2.32. The summed E-state index contributed by atoms with van der Waals surface area (Å²) in [6, 6.07) is 5.83. The number of thiophene rings is 1. The zero-order chi connectivity index (χ0) is 16.0. The molecule has 116 valence electrons. The van der Waals surface area contributed by atoms with Crippen molar-refractivity contribution in [3.05, 3.63) is 57.2 Å². The number of pyridine rings is 1. The quantitative estimate of drug-likeness (QED) is 0.780. The summed E-state index contributed by atoms with van der Waals surface area (Å²) in [4.78, 5) is 38.6. The monoisotopic (exact) mass is 326 g/mol. The van der Waals surface area contributed by atoms with Crippen molar-refractivity contribution in [2.45, 2.75) is 12.8 Å². The third-order valence-corrected chi connectivity index (χ3v) is 5.39. The van der Waals surface area contributed by atoms with E-state index < -0.39 is 0 Å². The molecular formula is C16H14N4O2S. The Morgan fingerprint density at radius 1 is 1.35 bits per heavy atom. The summed E-state index contributed by atoms with van der Waals surface area (Å²) < 4.78 is 0.